The highest BCUT2D eigenvalue weighted by atomic mass is 32.1. The van der Waals surface area contributed by atoms with Crippen LogP contribution < -0.4 is 5.32 Å². The molecule has 1 heterocycles. The lowest BCUT2D eigenvalue weighted by atomic mass is 10.2. The number of carbonyl (C=O) groups is 1. The van der Waals surface area contributed by atoms with Crippen molar-refractivity contribution >= 4 is 23.1 Å². The van der Waals surface area contributed by atoms with Crippen LogP contribution in [0.2, 0.25) is 0 Å². The number of hydrogen-bond acceptors (Lipinski definition) is 5. The topological polar surface area (TPSA) is 75.1 Å². The van der Waals surface area contributed by atoms with Crippen LogP contribution in [0.3, 0.4) is 0 Å². The van der Waals surface area contributed by atoms with Gasteiger partial charge in [0.2, 0.25) is 0 Å². The molecule has 1 aromatic heterocycles. The molecule has 0 fully saturated rings. The van der Waals surface area contributed by atoms with Crippen LogP contribution in [0.25, 0.3) is 0 Å². The van der Waals surface area contributed by atoms with E-state index in [4.69, 9.17) is 0 Å². The Morgan fingerprint density at radius 2 is 2.18 bits per heavy atom. The van der Waals surface area contributed by atoms with Gasteiger partial charge in [0.25, 0.3) is 5.91 Å². The molecule has 2 rings (SSSR count). The van der Waals surface area contributed by atoms with Crippen molar-refractivity contribution in [2.45, 2.75) is 13.8 Å². The first-order valence-electron chi connectivity index (χ1n) is 4.98. The Balaban J connectivity index is 2.19. The summed E-state index contributed by atoms with van der Waals surface area (Å²) in [6.07, 6.45) is 0. The van der Waals surface area contributed by atoms with Gasteiger partial charge in [0.05, 0.1) is 5.69 Å². The highest BCUT2D eigenvalue weighted by Crippen LogP contribution is 2.21. The Bertz CT molecular complexity index is 566. The summed E-state index contributed by atoms with van der Waals surface area (Å²) in [5.74, 6) is -0.0266. The summed E-state index contributed by atoms with van der Waals surface area (Å²) >= 11 is 1.06. The van der Waals surface area contributed by atoms with Crippen LogP contribution in [0.15, 0.2) is 18.2 Å². The molecular weight excluding hydrogens is 238 g/mol. The van der Waals surface area contributed by atoms with Crippen molar-refractivity contribution < 1.29 is 9.90 Å². The van der Waals surface area contributed by atoms with Crippen LogP contribution >= 0.6 is 11.5 Å². The number of nitrogens with zero attached hydrogens (tertiary/aromatic N) is 2. The van der Waals surface area contributed by atoms with Gasteiger partial charge in [0.1, 0.15) is 10.6 Å². The lowest BCUT2D eigenvalue weighted by Gasteiger charge is -2.05. The molecule has 0 atom stereocenters. The number of amides is 1. The van der Waals surface area contributed by atoms with E-state index < -0.39 is 0 Å². The van der Waals surface area contributed by atoms with Crippen LogP contribution in [-0.2, 0) is 0 Å². The minimum absolute atomic E-state index is 0.207. The van der Waals surface area contributed by atoms with Crippen LogP contribution in [-0.4, -0.2) is 20.6 Å². The number of hydrogen-bond donors (Lipinski definition) is 2. The predicted molar refractivity (Wildman–Crippen MR) is 65.4 cm³/mol. The molecule has 1 aromatic carbocycles. The normalized spacial score (nSPS) is 10.2. The Kier molecular flexibility index (Phi) is 3.06. The third-order valence-electron chi connectivity index (χ3n) is 2.31. The highest BCUT2D eigenvalue weighted by Gasteiger charge is 2.13. The molecule has 2 N–H and O–H groups in total. The number of benzene rings is 1. The SMILES string of the molecule is Cc1cc(NC(=O)c2snnc2C)ccc1O. The largest absolute Gasteiger partial charge is 0.508 e. The average Bonchev–Trinajstić information content (AvgIpc) is 2.70. The first kappa shape index (κ1) is 11.5. The molecule has 0 saturated heterocycles. The van der Waals surface area contributed by atoms with E-state index in [0.29, 0.717) is 21.8 Å². The maximum atomic E-state index is 11.8. The fourth-order valence-electron chi connectivity index (χ4n) is 1.36. The molecule has 0 aliphatic rings. The zero-order valence-electron chi connectivity index (χ0n) is 9.39. The molecule has 0 aliphatic carbocycles. The van der Waals surface area contributed by atoms with Gasteiger partial charge >= 0.3 is 0 Å². The van der Waals surface area contributed by atoms with E-state index in [1.807, 2.05) is 0 Å². The highest BCUT2D eigenvalue weighted by molar-refractivity contribution is 7.08. The molecule has 0 spiro atoms. The third kappa shape index (κ3) is 2.42. The summed E-state index contributed by atoms with van der Waals surface area (Å²) in [7, 11) is 0. The standard InChI is InChI=1S/C11H11N3O2S/c1-6-5-8(3-4-9(6)15)12-11(16)10-7(2)13-14-17-10/h3-5,15H,1-2H3,(H,12,16). The van der Waals surface area contributed by atoms with Crippen molar-refractivity contribution in [2.75, 3.05) is 5.32 Å². The van der Waals surface area contributed by atoms with E-state index >= 15 is 0 Å². The Labute approximate surface area is 102 Å². The summed E-state index contributed by atoms with van der Waals surface area (Å²) < 4.78 is 3.71. The summed E-state index contributed by atoms with van der Waals surface area (Å²) in [4.78, 5) is 12.3. The molecule has 0 radical (unpaired) electrons. The van der Waals surface area contributed by atoms with Crippen molar-refractivity contribution in [2.24, 2.45) is 0 Å². The molecule has 5 nitrogen and oxygen atoms in total. The second kappa shape index (κ2) is 4.50. The van der Waals surface area contributed by atoms with Crippen LogP contribution in [0.5, 0.6) is 5.75 Å². The molecular formula is C11H11N3O2S. The van der Waals surface area contributed by atoms with Crippen LogP contribution in [0.4, 0.5) is 5.69 Å². The van der Waals surface area contributed by atoms with E-state index in [-0.39, 0.29) is 11.7 Å². The molecule has 0 aliphatic heterocycles. The van der Waals surface area contributed by atoms with Gasteiger partial charge in [-0.3, -0.25) is 4.79 Å². The molecule has 0 saturated carbocycles. The number of nitrogens with one attached hydrogen (secondary N) is 1. The first-order chi connectivity index (χ1) is 8.08. The number of carbonyl (C=O) groups excluding carboxylic acids is 1. The number of aryl methyl sites for hydroxylation is 2. The molecule has 2 aromatic rings. The van der Waals surface area contributed by atoms with Gasteiger partial charge in [-0.2, -0.15) is 0 Å². The number of anilines is 1. The summed E-state index contributed by atoms with van der Waals surface area (Å²) in [5.41, 5.74) is 1.96. The van der Waals surface area contributed by atoms with Gasteiger partial charge in [-0.05, 0) is 49.1 Å². The van der Waals surface area contributed by atoms with E-state index in [1.165, 1.54) is 0 Å². The molecule has 1 amide bonds. The second-order valence-corrected chi connectivity index (χ2v) is 4.40. The van der Waals surface area contributed by atoms with Crippen molar-refractivity contribution in [3.05, 3.63) is 34.3 Å². The van der Waals surface area contributed by atoms with Crippen molar-refractivity contribution in [3.63, 3.8) is 0 Å². The maximum absolute atomic E-state index is 11.8. The van der Waals surface area contributed by atoms with E-state index in [2.05, 4.69) is 14.9 Å². The average molecular weight is 249 g/mol. The first-order valence-corrected chi connectivity index (χ1v) is 5.75. The van der Waals surface area contributed by atoms with Gasteiger partial charge in [0, 0.05) is 5.69 Å². The van der Waals surface area contributed by atoms with Crippen molar-refractivity contribution in [1.29, 1.82) is 0 Å². The molecule has 0 unspecified atom stereocenters. The second-order valence-electron chi connectivity index (χ2n) is 3.64. The fraction of sp³-hybridized carbons (Fsp3) is 0.182. The minimum atomic E-state index is -0.234. The van der Waals surface area contributed by atoms with Crippen molar-refractivity contribution in [1.82, 2.24) is 9.59 Å². The summed E-state index contributed by atoms with van der Waals surface area (Å²) in [5, 5.41) is 15.9. The van der Waals surface area contributed by atoms with Gasteiger partial charge in [-0.25, -0.2) is 0 Å². The van der Waals surface area contributed by atoms with Crippen LogP contribution in [0.1, 0.15) is 20.9 Å². The van der Waals surface area contributed by atoms with E-state index in [1.54, 1.807) is 32.0 Å². The number of aromatic hydroxyl groups is 1. The Hall–Kier alpha value is -1.95. The third-order valence-corrected chi connectivity index (χ3v) is 3.14. The number of aromatic nitrogens is 2. The zero-order valence-corrected chi connectivity index (χ0v) is 10.2. The number of rotatable bonds is 2. The maximum Gasteiger partial charge on any atom is 0.269 e. The quantitative estimate of drug-likeness (QED) is 0.799. The van der Waals surface area contributed by atoms with Gasteiger partial charge in [-0.1, -0.05) is 4.49 Å². The molecule has 6 heteroatoms. The van der Waals surface area contributed by atoms with Crippen LogP contribution in [0, 0.1) is 13.8 Å². The Morgan fingerprint density at radius 3 is 2.76 bits per heavy atom. The minimum Gasteiger partial charge on any atom is -0.508 e. The lowest BCUT2D eigenvalue weighted by Crippen LogP contribution is -2.11. The van der Waals surface area contributed by atoms with Gasteiger partial charge in [-0.15, -0.1) is 5.10 Å². The Morgan fingerprint density at radius 1 is 1.41 bits per heavy atom. The summed E-state index contributed by atoms with van der Waals surface area (Å²) in [6, 6.07) is 4.89. The smallest absolute Gasteiger partial charge is 0.269 e. The summed E-state index contributed by atoms with van der Waals surface area (Å²) in [6.45, 7) is 3.50. The van der Waals surface area contributed by atoms with Gasteiger partial charge < -0.3 is 10.4 Å². The molecule has 88 valence electrons. The monoisotopic (exact) mass is 249 g/mol. The predicted octanol–water partition coefficient (Wildman–Crippen LogP) is 2.11. The molecule has 0 bridgehead atoms. The molecule has 17 heavy (non-hydrogen) atoms. The van der Waals surface area contributed by atoms with E-state index in [0.717, 1.165) is 11.5 Å². The lowest BCUT2D eigenvalue weighted by molar-refractivity contribution is 0.103. The van der Waals surface area contributed by atoms with Crippen molar-refractivity contribution in [3.8, 4) is 5.75 Å². The van der Waals surface area contributed by atoms with Gasteiger partial charge in [0.15, 0.2) is 0 Å². The number of phenols is 1. The number of phenolic OH excluding ortho intramolecular Hbond substituents is 1. The fourth-order valence-corrected chi connectivity index (χ4v) is 1.91. The van der Waals surface area contributed by atoms with E-state index in [9.17, 15) is 9.90 Å². The zero-order chi connectivity index (χ0) is 12.4.